The minimum absolute atomic E-state index is 0.0320. The molecular formula is C14H18BrClFNO2S. The molecule has 1 aromatic rings. The van der Waals surface area contributed by atoms with Crippen LogP contribution in [0.5, 0.6) is 0 Å². The van der Waals surface area contributed by atoms with Crippen molar-refractivity contribution < 1.29 is 12.8 Å². The molecule has 2 unspecified atom stereocenters. The van der Waals surface area contributed by atoms with Crippen molar-refractivity contribution in [1.29, 1.82) is 0 Å². The molecule has 0 aromatic heterocycles. The zero-order chi connectivity index (χ0) is 15.5. The van der Waals surface area contributed by atoms with E-state index in [0.29, 0.717) is 18.4 Å². The van der Waals surface area contributed by atoms with E-state index in [4.69, 9.17) is 11.6 Å². The normalized spacial score (nSPS) is 23.2. The van der Waals surface area contributed by atoms with E-state index >= 15 is 0 Å². The van der Waals surface area contributed by atoms with Crippen molar-refractivity contribution in [3.8, 4) is 0 Å². The van der Waals surface area contributed by atoms with Crippen molar-refractivity contribution in [3.63, 3.8) is 0 Å². The van der Waals surface area contributed by atoms with E-state index in [1.54, 1.807) is 0 Å². The van der Waals surface area contributed by atoms with Gasteiger partial charge in [0.15, 0.2) is 0 Å². The molecule has 0 saturated heterocycles. The molecule has 7 heteroatoms. The van der Waals surface area contributed by atoms with Crippen LogP contribution in [0.2, 0.25) is 5.02 Å². The minimum atomic E-state index is -3.78. The Morgan fingerprint density at radius 1 is 1.29 bits per heavy atom. The maximum atomic E-state index is 13.2. The summed E-state index contributed by atoms with van der Waals surface area (Å²) in [4.78, 5) is -0.199. The van der Waals surface area contributed by atoms with Crippen LogP contribution < -0.4 is 4.72 Å². The summed E-state index contributed by atoms with van der Waals surface area (Å²) in [6.07, 6.45) is 4.43. The summed E-state index contributed by atoms with van der Waals surface area (Å²) < 4.78 is 40.3. The summed E-state index contributed by atoms with van der Waals surface area (Å²) in [6, 6.07) is 3.35. The molecule has 1 aliphatic carbocycles. The number of sulfonamides is 1. The second kappa shape index (κ2) is 7.40. The third-order valence-corrected chi connectivity index (χ3v) is 6.72. The molecule has 2 atom stereocenters. The first-order valence-corrected chi connectivity index (χ1v) is 9.93. The largest absolute Gasteiger partial charge is 0.242 e. The minimum Gasteiger partial charge on any atom is -0.211 e. The fourth-order valence-corrected chi connectivity index (χ4v) is 5.19. The molecule has 0 heterocycles. The van der Waals surface area contributed by atoms with Crippen LogP contribution in [0.1, 0.15) is 25.7 Å². The Labute approximate surface area is 138 Å². The molecule has 3 nitrogen and oxygen atoms in total. The lowest BCUT2D eigenvalue weighted by molar-refractivity contribution is 0.263. The third-order valence-electron chi connectivity index (χ3n) is 3.98. The van der Waals surface area contributed by atoms with Crippen molar-refractivity contribution in [2.75, 3.05) is 11.9 Å². The monoisotopic (exact) mass is 397 g/mol. The number of nitrogens with one attached hydrogen (secondary N) is 1. The molecule has 0 bridgehead atoms. The molecule has 1 fully saturated rings. The van der Waals surface area contributed by atoms with Crippen molar-refractivity contribution in [1.82, 2.24) is 4.72 Å². The second-order valence-corrected chi connectivity index (χ2v) is 8.18. The van der Waals surface area contributed by atoms with Crippen LogP contribution in [-0.4, -0.2) is 20.3 Å². The van der Waals surface area contributed by atoms with Gasteiger partial charge in [-0.15, -0.1) is 0 Å². The number of halogens is 3. The number of hydrogen-bond acceptors (Lipinski definition) is 2. The lowest BCUT2D eigenvalue weighted by Crippen LogP contribution is -2.35. The second-order valence-electron chi connectivity index (χ2n) is 5.39. The van der Waals surface area contributed by atoms with E-state index in [9.17, 15) is 12.8 Å². The average molecular weight is 399 g/mol. The van der Waals surface area contributed by atoms with Gasteiger partial charge in [0.25, 0.3) is 0 Å². The summed E-state index contributed by atoms with van der Waals surface area (Å²) in [7, 11) is -3.78. The fourth-order valence-electron chi connectivity index (χ4n) is 2.73. The van der Waals surface area contributed by atoms with Gasteiger partial charge in [0.1, 0.15) is 10.7 Å². The summed E-state index contributed by atoms with van der Waals surface area (Å²) in [6.45, 7) is 0.367. The Balaban J connectivity index is 2.09. The van der Waals surface area contributed by atoms with Gasteiger partial charge >= 0.3 is 0 Å². The molecule has 0 amide bonds. The predicted molar refractivity (Wildman–Crippen MR) is 85.8 cm³/mol. The van der Waals surface area contributed by atoms with Crippen LogP contribution in [0.25, 0.3) is 0 Å². The topological polar surface area (TPSA) is 46.2 Å². The smallest absolute Gasteiger partial charge is 0.211 e. The molecule has 1 aromatic carbocycles. The number of alkyl halides is 1. The quantitative estimate of drug-likeness (QED) is 0.763. The summed E-state index contributed by atoms with van der Waals surface area (Å²) in [5.41, 5.74) is 0. The van der Waals surface area contributed by atoms with Crippen LogP contribution in [0.3, 0.4) is 0 Å². The van der Waals surface area contributed by atoms with Gasteiger partial charge in [0.2, 0.25) is 10.0 Å². The number of hydrogen-bond donors (Lipinski definition) is 1. The molecule has 1 aliphatic rings. The van der Waals surface area contributed by atoms with E-state index in [2.05, 4.69) is 20.7 Å². The van der Waals surface area contributed by atoms with Crippen molar-refractivity contribution >= 4 is 37.6 Å². The van der Waals surface area contributed by atoms with E-state index in [1.165, 1.54) is 12.5 Å². The fraction of sp³-hybridized carbons (Fsp3) is 0.571. The van der Waals surface area contributed by atoms with E-state index < -0.39 is 15.8 Å². The zero-order valence-electron chi connectivity index (χ0n) is 11.5. The highest BCUT2D eigenvalue weighted by Crippen LogP contribution is 2.31. The molecule has 2 rings (SSSR count). The van der Waals surface area contributed by atoms with Gasteiger partial charge < -0.3 is 0 Å². The highest BCUT2D eigenvalue weighted by Gasteiger charge is 2.26. The molecule has 0 radical (unpaired) electrons. The molecule has 1 N–H and O–H groups in total. The Hall–Kier alpha value is -0.170. The van der Waals surface area contributed by atoms with Crippen LogP contribution in [-0.2, 0) is 10.0 Å². The Kier molecular flexibility index (Phi) is 6.05. The first-order chi connectivity index (χ1) is 9.94. The SMILES string of the molecule is O=S(=O)(NCC1CCCCC1CBr)c1cc(F)ccc1Cl. The van der Waals surface area contributed by atoms with Crippen molar-refractivity contribution in [2.45, 2.75) is 30.6 Å². The molecule has 0 spiro atoms. The molecular weight excluding hydrogens is 381 g/mol. The first-order valence-electron chi connectivity index (χ1n) is 6.94. The van der Waals surface area contributed by atoms with E-state index in [0.717, 1.165) is 36.7 Å². The van der Waals surface area contributed by atoms with Gasteiger partial charge in [0.05, 0.1) is 5.02 Å². The number of rotatable bonds is 5. The van der Waals surface area contributed by atoms with Crippen molar-refractivity contribution in [3.05, 3.63) is 29.0 Å². The Bertz CT molecular complexity index is 597. The van der Waals surface area contributed by atoms with Crippen LogP contribution in [0, 0.1) is 17.7 Å². The lowest BCUT2D eigenvalue weighted by Gasteiger charge is -2.30. The van der Waals surface area contributed by atoms with Gasteiger partial charge in [-0.05, 0) is 42.9 Å². The highest BCUT2D eigenvalue weighted by atomic mass is 79.9. The van der Waals surface area contributed by atoms with Gasteiger partial charge in [-0.3, -0.25) is 0 Å². The van der Waals surface area contributed by atoms with Gasteiger partial charge in [-0.2, -0.15) is 0 Å². The summed E-state index contributed by atoms with van der Waals surface area (Å²) in [5.74, 6) is 0.167. The van der Waals surface area contributed by atoms with Crippen LogP contribution in [0.15, 0.2) is 23.1 Å². The molecule has 118 valence electrons. The van der Waals surface area contributed by atoms with Crippen LogP contribution >= 0.6 is 27.5 Å². The lowest BCUT2D eigenvalue weighted by atomic mass is 9.80. The van der Waals surface area contributed by atoms with Crippen molar-refractivity contribution in [2.24, 2.45) is 11.8 Å². The Morgan fingerprint density at radius 3 is 2.62 bits per heavy atom. The van der Waals surface area contributed by atoms with Gasteiger partial charge in [0, 0.05) is 11.9 Å². The molecule has 1 saturated carbocycles. The first kappa shape index (κ1) is 17.2. The standard InChI is InChI=1S/C14H18BrClFNO2S/c15-8-10-3-1-2-4-11(10)9-18-21(19,20)14-7-12(17)5-6-13(14)16/h5-7,10-11,18H,1-4,8-9H2. The van der Waals surface area contributed by atoms with Gasteiger partial charge in [-0.25, -0.2) is 17.5 Å². The summed E-state index contributed by atoms with van der Waals surface area (Å²) in [5, 5.41) is 0.907. The van der Waals surface area contributed by atoms with Crippen LogP contribution in [0.4, 0.5) is 4.39 Å². The molecule has 21 heavy (non-hydrogen) atoms. The number of benzene rings is 1. The predicted octanol–water partition coefficient (Wildman–Crippen LogP) is 3.96. The molecule has 0 aliphatic heterocycles. The highest BCUT2D eigenvalue weighted by molar-refractivity contribution is 9.09. The third kappa shape index (κ3) is 4.41. The Morgan fingerprint density at radius 2 is 1.95 bits per heavy atom. The van der Waals surface area contributed by atoms with E-state index in [1.807, 2.05) is 0 Å². The maximum absolute atomic E-state index is 13.2. The zero-order valence-corrected chi connectivity index (χ0v) is 14.6. The van der Waals surface area contributed by atoms with Gasteiger partial charge in [-0.1, -0.05) is 40.4 Å². The average Bonchev–Trinajstić information content (AvgIpc) is 2.48. The van der Waals surface area contributed by atoms with E-state index in [-0.39, 0.29) is 9.92 Å². The summed E-state index contributed by atoms with van der Waals surface area (Å²) >= 11 is 9.35. The maximum Gasteiger partial charge on any atom is 0.242 e.